The third kappa shape index (κ3) is 3.38. The van der Waals surface area contributed by atoms with Crippen LogP contribution in [0.5, 0.6) is 0 Å². The molecule has 0 bridgehead atoms. The van der Waals surface area contributed by atoms with Crippen molar-refractivity contribution in [2.45, 2.75) is 26.2 Å². The Morgan fingerprint density at radius 3 is 2.80 bits per heavy atom. The van der Waals surface area contributed by atoms with Gasteiger partial charge < -0.3 is 5.73 Å². The van der Waals surface area contributed by atoms with Crippen molar-refractivity contribution >= 4 is 40.0 Å². The van der Waals surface area contributed by atoms with E-state index in [4.69, 9.17) is 17.3 Å². The Bertz CT molecular complexity index is 634. The van der Waals surface area contributed by atoms with Crippen molar-refractivity contribution in [3.8, 4) is 0 Å². The lowest BCUT2D eigenvalue weighted by Gasteiger charge is -2.09. The zero-order valence-electron chi connectivity index (χ0n) is 11.0. The molecule has 0 saturated carbocycles. The van der Waals surface area contributed by atoms with Crippen molar-refractivity contribution in [3.05, 3.63) is 49.7 Å². The first kappa shape index (κ1) is 15.4. The molecule has 0 spiro atoms. The predicted octanol–water partition coefficient (Wildman–Crippen LogP) is 4.00. The summed E-state index contributed by atoms with van der Waals surface area (Å²) >= 11 is 7.92. The van der Waals surface area contributed by atoms with Crippen molar-refractivity contribution in [2.75, 3.05) is 5.73 Å². The predicted molar refractivity (Wildman–Crippen MR) is 87.4 cm³/mol. The average molecular weight is 406 g/mol. The molecule has 2 rings (SSSR count). The summed E-state index contributed by atoms with van der Waals surface area (Å²) in [6, 6.07) is 4.91. The van der Waals surface area contributed by atoms with Gasteiger partial charge in [-0.05, 0) is 40.6 Å². The first-order valence-corrected chi connectivity index (χ1v) is 7.72. The molecule has 0 saturated heterocycles. The topological polar surface area (TPSA) is 51.8 Å². The molecule has 20 heavy (non-hydrogen) atoms. The van der Waals surface area contributed by atoms with Crippen LogP contribution in [-0.2, 0) is 12.8 Å². The lowest BCUT2D eigenvalue weighted by molar-refractivity contribution is 0.612. The van der Waals surface area contributed by atoms with Crippen LogP contribution in [0.2, 0.25) is 5.02 Å². The maximum absolute atomic E-state index is 13.9. The van der Waals surface area contributed by atoms with Gasteiger partial charge in [-0.3, -0.25) is 0 Å². The molecule has 0 aliphatic heterocycles. The monoisotopic (exact) mass is 405 g/mol. The van der Waals surface area contributed by atoms with E-state index >= 15 is 0 Å². The summed E-state index contributed by atoms with van der Waals surface area (Å²) < 4.78 is 14.8. The number of hydrogen-bond acceptors (Lipinski definition) is 3. The van der Waals surface area contributed by atoms with Crippen LogP contribution in [0.1, 0.15) is 30.4 Å². The minimum Gasteiger partial charge on any atom is -0.383 e. The fourth-order valence-electron chi connectivity index (χ4n) is 1.90. The summed E-state index contributed by atoms with van der Waals surface area (Å²) in [5, 5.41) is 0.106. The number of benzene rings is 1. The van der Waals surface area contributed by atoms with E-state index in [1.807, 2.05) is 0 Å². The van der Waals surface area contributed by atoms with Crippen LogP contribution in [0.25, 0.3) is 0 Å². The molecule has 1 aromatic carbocycles. The van der Waals surface area contributed by atoms with Gasteiger partial charge in [0.25, 0.3) is 0 Å². The largest absolute Gasteiger partial charge is 0.383 e. The zero-order valence-corrected chi connectivity index (χ0v) is 13.9. The van der Waals surface area contributed by atoms with E-state index in [-0.39, 0.29) is 11.4 Å². The Morgan fingerprint density at radius 1 is 1.35 bits per heavy atom. The molecule has 0 radical (unpaired) electrons. The second kappa shape index (κ2) is 6.67. The number of hydrogen-bond donors (Lipinski definition) is 1. The lowest BCUT2D eigenvalue weighted by Crippen LogP contribution is -2.08. The second-order valence-corrected chi connectivity index (χ2v) is 5.91. The van der Waals surface area contributed by atoms with Gasteiger partial charge in [0.1, 0.15) is 17.5 Å². The quantitative estimate of drug-likeness (QED) is 0.782. The molecule has 0 atom stereocenters. The van der Waals surface area contributed by atoms with Crippen molar-refractivity contribution in [1.82, 2.24) is 9.97 Å². The smallest absolute Gasteiger partial charge is 0.145 e. The van der Waals surface area contributed by atoms with Crippen molar-refractivity contribution in [3.63, 3.8) is 0 Å². The maximum Gasteiger partial charge on any atom is 0.145 e. The summed E-state index contributed by atoms with van der Waals surface area (Å²) in [6.07, 6.45) is 2.08. The molecule has 1 heterocycles. The van der Waals surface area contributed by atoms with E-state index in [1.165, 1.54) is 6.07 Å². The van der Waals surface area contributed by atoms with E-state index in [9.17, 15) is 4.39 Å². The number of anilines is 1. The average Bonchev–Trinajstić information content (AvgIpc) is 2.41. The molecule has 3 nitrogen and oxygen atoms in total. The van der Waals surface area contributed by atoms with Gasteiger partial charge in [-0.1, -0.05) is 37.1 Å². The Morgan fingerprint density at radius 2 is 2.10 bits per heavy atom. The van der Waals surface area contributed by atoms with E-state index in [0.717, 1.165) is 22.1 Å². The van der Waals surface area contributed by atoms with Crippen molar-refractivity contribution < 1.29 is 4.39 Å². The molecular formula is C14H14ClFIN3. The first-order chi connectivity index (χ1) is 9.52. The van der Waals surface area contributed by atoms with Crippen LogP contribution in [-0.4, -0.2) is 9.97 Å². The molecule has 6 heteroatoms. The van der Waals surface area contributed by atoms with E-state index in [1.54, 1.807) is 12.1 Å². The van der Waals surface area contributed by atoms with Crippen LogP contribution in [0.4, 0.5) is 10.2 Å². The number of nitrogens with two attached hydrogens (primary N) is 1. The van der Waals surface area contributed by atoms with Gasteiger partial charge in [0.15, 0.2) is 0 Å². The van der Waals surface area contributed by atoms with E-state index in [0.29, 0.717) is 17.2 Å². The Kier molecular flexibility index (Phi) is 5.15. The van der Waals surface area contributed by atoms with E-state index in [2.05, 4.69) is 39.5 Å². The van der Waals surface area contributed by atoms with Crippen LogP contribution in [0.15, 0.2) is 18.2 Å². The Balaban J connectivity index is 2.36. The van der Waals surface area contributed by atoms with Crippen molar-refractivity contribution in [2.24, 2.45) is 0 Å². The van der Waals surface area contributed by atoms with Crippen LogP contribution in [0, 0.1) is 9.39 Å². The SMILES string of the molecule is CCCc1nc(Cc2cccc(Cl)c2F)nc(N)c1I. The molecule has 106 valence electrons. The molecule has 0 aliphatic carbocycles. The minimum absolute atomic E-state index is 0.106. The summed E-state index contributed by atoms with van der Waals surface area (Å²) in [5.41, 5.74) is 7.28. The third-order valence-electron chi connectivity index (χ3n) is 2.86. The highest BCUT2D eigenvalue weighted by atomic mass is 127. The maximum atomic E-state index is 13.9. The van der Waals surface area contributed by atoms with Gasteiger partial charge in [0.2, 0.25) is 0 Å². The highest BCUT2D eigenvalue weighted by molar-refractivity contribution is 14.1. The fraction of sp³-hybridized carbons (Fsp3) is 0.286. The number of halogens is 3. The Hall–Kier alpha value is -0.950. The van der Waals surface area contributed by atoms with E-state index < -0.39 is 5.82 Å². The third-order valence-corrected chi connectivity index (χ3v) is 4.33. The zero-order chi connectivity index (χ0) is 14.7. The number of nitrogen functional groups attached to an aromatic ring is 1. The summed E-state index contributed by atoms with van der Waals surface area (Å²) in [7, 11) is 0. The second-order valence-electron chi connectivity index (χ2n) is 4.43. The highest BCUT2D eigenvalue weighted by Gasteiger charge is 2.13. The molecular weight excluding hydrogens is 392 g/mol. The first-order valence-electron chi connectivity index (χ1n) is 6.26. The number of aryl methyl sites for hydroxylation is 1. The standard InChI is InChI=1S/C14H14ClFIN3/c1-2-4-10-13(17)14(18)20-11(19-10)7-8-5-3-6-9(15)12(8)16/h3,5-6H,2,4,7H2,1H3,(H2,18,19,20). The fourth-order valence-corrected chi connectivity index (χ4v) is 2.61. The molecule has 2 aromatic rings. The molecule has 0 unspecified atom stereocenters. The van der Waals surface area contributed by atoms with Crippen molar-refractivity contribution in [1.29, 1.82) is 0 Å². The minimum atomic E-state index is -0.424. The van der Waals surface area contributed by atoms with Gasteiger partial charge in [0, 0.05) is 6.42 Å². The molecule has 1 aromatic heterocycles. The van der Waals surface area contributed by atoms with Gasteiger partial charge in [-0.15, -0.1) is 0 Å². The van der Waals surface area contributed by atoms with Gasteiger partial charge in [-0.25, -0.2) is 14.4 Å². The normalized spacial score (nSPS) is 10.8. The summed E-state index contributed by atoms with van der Waals surface area (Å²) in [4.78, 5) is 8.71. The summed E-state index contributed by atoms with van der Waals surface area (Å²) in [5.74, 6) is 0.543. The Labute approximate surface area is 135 Å². The molecule has 0 aliphatic rings. The van der Waals surface area contributed by atoms with Gasteiger partial charge in [0.05, 0.1) is 14.3 Å². The van der Waals surface area contributed by atoms with Crippen LogP contribution in [0.3, 0.4) is 0 Å². The van der Waals surface area contributed by atoms with Crippen LogP contribution >= 0.6 is 34.2 Å². The molecule has 0 amide bonds. The van der Waals surface area contributed by atoms with Gasteiger partial charge >= 0.3 is 0 Å². The number of aromatic nitrogens is 2. The summed E-state index contributed by atoms with van der Waals surface area (Å²) in [6.45, 7) is 2.07. The lowest BCUT2D eigenvalue weighted by atomic mass is 10.1. The molecule has 0 fully saturated rings. The number of nitrogens with zero attached hydrogens (tertiary/aromatic N) is 2. The molecule has 2 N–H and O–H groups in total. The van der Waals surface area contributed by atoms with Crippen LogP contribution < -0.4 is 5.73 Å². The number of rotatable bonds is 4. The van der Waals surface area contributed by atoms with Gasteiger partial charge in [-0.2, -0.15) is 0 Å². The highest BCUT2D eigenvalue weighted by Crippen LogP contribution is 2.22.